The predicted octanol–water partition coefficient (Wildman–Crippen LogP) is 2.01. The lowest BCUT2D eigenvalue weighted by atomic mass is 10.1. The quantitative estimate of drug-likeness (QED) is 0.830. The summed E-state index contributed by atoms with van der Waals surface area (Å²) in [5, 5.41) is 5.92. The van der Waals surface area contributed by atoms with E-state index in [-0.39, 0.29) is 29.1 Å². The maximum atomic E-state index is 12.4. The van der Waals surface area contributed by atoms with Gasteiger partial charge in [0, 0.05) is 17.8 Å². The van der Waals surface area contributed by atoms with Crippen LogP contribution in [-0.4, -0.2) is 41.8 Å². The van der Waals surface area contributed by atoms with Gasteiger partial charge in [-0.2, -0.15) is 0 Å². The molecule has 1 aromatic heterocycles. The Morgan fingerprint density at radius 1 is 1.23 bits per heavy atom. The van der Waals surface area contributed by atoms with Gasteiger partial charge in [0.2, 0.25) is 0 Å². The van der Waals surface area contributed by atoms with E-state index in [1.807, 2.05) is 24.3 Å². The van der Waals surface area contributed by atoms with Crippen molar-refractivity contribution >= 4 is 27.2 Å². The summed E-state index contributed by atoms with van der Waals surface area (Å²) < 4.78 is 23.1. The van der Waals surface area contributed by atoms with Crippen molar-refractivity contribution in [3.63, 3.8) is 0 Å². The summed E-state index contributed by atoms with van der Waals surface area (Å²) in [7, 11) is -3.05. The second-order valence-corrected chi connectivity index (χ2v) is 8.66. The predicted molar refractivity (Wildman–Crippen MR) is 100 cm³/mol. The molecule has 2 N–H and O–H groups in total. The number of carbonyl (C=O) groups is 1. The van der Waals surface area contributed by atoms with Gasteiger partial charge in [-0.05, 0) is 37.5 Å². The zero-order valence-corrected chi connectivity index (χ0v) is 15.6. The van der Waals surface area contributed by atoms with E-state index < -0.39 is 9.84 Å². The average molecular weight is 374 g/mol. The lowest BCUT2D eigenvalue weighted by Crippen LogP contribution is -2.36. The number of aromatic nitrogens is 2. The SMILES string of the molecule is CCc1ccc(Nc2cc(C(=O)NC3CCS(=O)(=O)C3)nc(C)n2)cc1. The lowest BCUT2D eigenvalue weighted by molar-refractivity contribution is 0.0935. The van der Waals surface area contributed by atoms with Crippen LogP contribution in [0.25, 0.3) is 0 Å². The first kappa shape index (κ1) is 18.3. The highest BCUT2D eigenvalue weighted by atomic mass is 32.2. The third-order valence-corrected chi connectivity index (χ3v) is 6.04. The van der Waals surface area contributed by atoms with E-state index in [4.69, 9.17) is 0 Å². The molecule has 1 amide bonds. The van der Waals surface area contributed by atoms with Crippen LogP contribution in [0.4, 0.5) is 11.5 Å². The number of rotatable bonds is 5. The number of sulfone groups is 1. The van der Waals surface area contributed by atoms with Crippen molar-refractivity contribution in [2.24, 2.45) is 0 Å². The van der Waals surface area contributed by atoms with Crippen molar-refractivity contribution in [1.29, 1.82) is 0 Å². The number of nitrogens with one attached hydrogen (secondary N) is 2. The highest BCUT2D eigenvalue weighted by Gasteiger charge is 2.29. The van der Waals surface area contributed by atoms with Crippen LogP contribution in [0, 0.1) is 6.92 Å². The molecule has 0 radical (unpaired) electrons. The first-order valence-corrected chi connectivity index (χ1v) is 10.4. The molecule has 2 heterocycles. The van der Waals surface area contributed by atoms with E-state index in [1.165, 1.54) is 5.56 Å². The van der Waals surface area contributed by atoms with Crippen LogP contribution in [0.2, 0.25) is 0 Å². The Morgan fingerprint density at radius 2 is 1.96 bits per heavy atom. The Morgan fingerprint density at radius 3 is 2.58 bits per heavy atom. The summed E-state index contributed by atoms with van der Waals surface area (Å²) in [4.78, 5) is 20.9. The Balaban J connectivity index is 1.73. The number of carbonyl (C=O) groups excluding carboxylic acids is 1. The molecule has 138 valence electrons. The van der Waals surface area contributed by atoms with Gasteiger partial charge >= 0.3 is 0 Å². The summed E-state index contributed by atoms with van der Waals surface area (Å²) in [5.74, 6) is 0.691. The molecule has 1 saturated heterocycles. The van der Waals surface area contributed by atoms with E-state index in [9.17, 15) is 13.2 Å². The Labute approximate surface area is 153 Å². The van der Waals surface area contributed by atoms with Crippen LogP contribution >= 0.6 is 0 Å². The van der Waals surface area contributed by atoms with Gasteiger partial charge in [-0.15, -0.1) is 0 Å². The number of hydrogen-bond donors (Lipinski definition) is 2. The van der Waals surface area contributed by atoms with Crippen LogP contribution in [0.1, 0.15) is 35.2 Å². The first-order valence-electron chi connectivity index (χ1n) is 8.57. The number of benzene rings is 1. The smallest absolute Gasteiger partial charge is 0.270 e. The minimum absolute atomic E-state index is 0.0162. The molecule has 0 aliphatic carbocycles. The van der Waals surface area contributed by atoms with Gasteiger partial charge in [-0.3, -0.25) is 4.79 Å². The number of aryl methyl sites for hydroxylation is 2. The molecule has 0 spiro atoms. The Kier molecular flexibility index (Phi) is 5.22. The molecule has 0 saturated carbocycles. The zero-order chi connectivity index (χ0) is 18.7. The normalized spacial score (nSPS) is 18.5. The summed E-state index contributed by atoms with van der Waals surface area (Å²) in [5.41, 5.74) is 2.32. The van der Waals surface area contributed by atoms with Gasteiger partial charge in [0.05, 0.1) is 11.5 Å². The van der Waals surface area contributed by atoms with Crippen LogP contribution in [0.15, 0.2) is 30.3 Å². The first-order chi connectivity index (χ1) is 12.3. The third-order valence-electron chi connectivity index (χ3n) is 4.27. The molecule has 1 atom stereocenters. The molecule has 1 fully saturated rings. The van der Waals surface area contributed by atoms with Crippen molar-refractivity contribution in [3.05, 3.63) is 47.4 Å². The summed E-state index contributed by atoms with van der Waals surface area (Å²) in [6, 6.07) is 9.19. The van der Waals surface area contributed by atoms with E-state index >= 15 is 0 Å². The van der Waals surface area contributed by atoms with Crippen molar-refractivity contribution < 1.29 is 13.2 Å². The highest BCUT2D eigenvalue weighted by molar-refractivity contribution is 7.91. The number of anilines is 2. The minimum Gasteiger partial charge on any atom is -0.347 e. The molecule has 3 rings (SSSR count). The fourth-order valence-electron chi connectivity index (χ4n) is 2.89. The average Bonchev–Trinajstić information content (AvgIpc) is 2.93. The van der Waals surface area contributed by atoms with E-state index in [1.54, 1.807) is 13.0 Å². The number of nitrogens with zero attached hydrogens (tertiary/aromatic N) is 2. The van der Waals surface area contributed by atoms with Gasteiger partial charge in [0.15, 0.2) is 9.84 Å². The summed E-state index contributed by atoms with van der Waals surface area (Å²) in [6.07, 6.45) is 1.40. The van der Waals surface area contributed by atoms with E-state index in [0.717, 1.165) is 12.1 Å². The summed E-state index contributed by atoms with van der Waals surface area (Å²) in [6.45, 7) is 3.80. The third kappa shape index (κ3) is 4.57. The van der Waals surface area contributed by atoms with Crippen LogP contribution < -0.4 is 10.6 Å². The monoisotopic (exact) mass is 374 g/mol. The second-order valence-electron chi connectivity index (χ2n) is 6.43. The van der Waals surface area contributed by atoms with Crippen molar-refractivity contribution in [3.8, 4) is 0 Å². The molecular formula is C18H22N4O3S. The molecule has 7 nitrogen and oxygen atoms in total. The minimum atomic E-state index is -3.05. The highest BCUT2D eigenvalue weighted by Crippen LogP contribution is 2.17. The molecule has 1 aliphatic heterocycles. The van der Waals surface area contributed by atoms with Gasteiger partial charge in [-0.1, -0.05) is 19.1 Å². The van der Waals surface area contributed by atoms with Gasteiger partial charge in [0.25, 0.3) is 5.91 Å². The van der Waals surface area contributed by atoms with Crippen molar-refractivity contribution in [2.45, 2.75) is 32.7 Å². The van der Waals surface area contributed by atoms with Crippen LogP contribution in [0.3, 0.4) is 0 Å². The van der Waals surface area contributed by atoms with Gasteiger partial charge in [-0.25, -0.2) is 18.4 Å². The molecule has 0 bridgehead atoms. The standard InChI is InChI=1S/C18H22N4O3S/c1-3-13-4-6-14(7-5-13)21-17-10-16(19-12(2)20-17)18(23)22-15-8-9-26(24,25)11-15/h4-7,10,15H,3,8-9,11H2,1-2H3,(H,22,23)(H,19,20,21). The molecular weight excluding hydrogens is 352 g/mol. The largest absolute Gasteiger partial charge is 0.347 e. The molecule has 1 unspecified atom stereocenters. The topological polar surface area (TPSA) is 101 Å². The fraction of sp³-hybridized carbons (Fsp3) is 0.389. The zero-order valence-electron chi connectivity index (χ0n) is 14.8. The maximum absolute atomic E-state index is 12.4. The van der Waals surface area contributed by atoms with Crippen molar-refractivity contribution in [2.75, 3.05) is 16.8 Å². The van der Waals surface area contributed by atoms with Gasteiger partial charge in [0.1, 0.15) is 17.3 Å². The second kappa shape index (κ2) is 7.41. The summed E-state index contributed by atoms with van der Waals surface area (Å²) >= 11 is 0. The van der Waals surface area contributed by atoms with Crippen LogP contribution in [-0.2, 0) is 16.3 Å². The van der Waals surface area contributed by atoms with E-state index in [0.29, 0.717) is 18.1 Å². The fourth-order valence-corrected chi connectivity index (χ4v) is 4.56. The molecule has 8 heteroatoms. The molecule has 26 heavy (non-hydrogen) atoms. The van der Waals surface area contributed by atoms with Gasteiger partial charge < -0.3 is 10.6 Å². The van der Waals surface area contributed by atoms with E-state index in [2.05, 4.69) is 27.5 Å². The van der Waals surface area contributed by atoms with Crippen molar-refractivity contribution in [1.82, 2.24) is 15.3 Å². The number of amides is 1. The Hall–Kier alpha value is -2.48. The molecule has 2 aromatic rings. The molecule has 1 aliphatic rings. The molecule has 1 aromatic carbocycles. The maximum Gasteiger partial charge on any atom is 0.270 e. The Bertz CT molecular complexity index is 911. The van der Waals surface area contributed by atoms with Crippen LogP contribution in [0.5, 0.6) is 0 Å². The number of hydrogen-bond acceptors (Lipinski definition) is 6. The lowest BCUT2D eigenvalue weighted by Gasteiger charge is -2.12.